The molecule has 0 atom stereocenters. The second-order valence-electron chi connectivity index (χ2n) is 4.07. The van der Waals surface area contributed by atoms with Crippen LogP contribution in [0.4, 0.5) is 0 Å². The second-order valence-corrected chi connectivity index (χ2v) is 4.07. The normalized spacial score (nSPS) is 13.9. The molecule has 2 aromatic rings. The van der Waals surface area contributed by atoms with Crippen molar-refractivity contribution in [2.75, 3.05) is 13.7 Å². The largest absolute Gasteiger partial charge is 0.464 e. The smallest absolute Gasteiger partial charge is 0.357 e. The topological polar surface area (TPSA) is 106 Å². The van der Waals surface area contributed by atoms with Gasteiger partial charge in [-0.1, -0.05) is 0 Å². The van der Waals surface area contributed by atoms with Crippen molar-refractivity contribution >= 4 is 5.97 Å². The van der Waals surface area contributed by atoms with Crippen LogP contribution in [0.3, 0.4) is 0 Å². The van der Waals surface area contributed by atoms with Crippen molar-refractivity contribution in [2.45, 2.75) is 13.0 Å². The molecular weight excluding hydrogens is 248 g/mol. The number of methoxy groups -OCH3 is 1. The number of esters is 1. The molecule has 3 rings (SSSR count). The first-order chi connectivity index (χ1) is 9.29. The Bertz CT molecular complexity index is 610. The quantitative estimate of drug-likeness (QED) is 0.713. The summed E-state index contributed by atoms with van der Waals surface area (Å²) in [5, 5.41) is 9.64. The third-order valence-corrected chi connectivity index (χ3v) is 2.94. The van der Waals surface area contributed by atoms with Crippen LogP contribution in [0.5, 0.6) is 0 Å². The minimum Gasteiger partial charge on any atom is -0.464 e. The third-order valence-electron chi connectivity index (χ3n) is 2.94. The van der Waals surface area contributed by atoms with E-state index >= 15 is 0 Å². The molecule has 0 amide bonds. The van der Waals surface area contributed by atoms with E-state index in [1.807, 2.05) is 0 Å². The highest BCUT2D eigenvalue weighted by Gasteiger charge is 2.23. The minimum atomic E-state index is -0.469. The van der Waals surface area contributed by atoms with E-state index in [2.05, 4.69) is 30.5 Å². The zero-order valence-corrected chi connectivity index (χ0v) is 10.3. The summed E-state index contributed by atoms with van der Waals surface area (Å²) >= 11 is 0. The van der Waals surface area contributed by atoms with Crippen molar-refractivity contribution < 1.29 is 9.53 Å². The highest BCUT2D eigenvalue weighted by atomic mass is 16.5. The van der Waals surface area contributed by atoms with Gasteiger partial charge in [-0.15, -0.1) is 0 Å². The summed E-state index contributed by atoms with van der Waals surface area (Å²) in [5.74, 6) is 0.327. The van der Waals surface area contributed by atoms with Gasteiger partial charge in [-0.05, 0) is 0 Å². The van der Waals surface area contributed by atoms with Gasteiger partial charge in [0.15, 0.2) is 17.3 Å². The summed E-state index contributed by atoms with van der Waals surface area (Å²) in [6.07, 6.45) is 2.11. The molecule has 2 N–H and O–H groups in total. The molecule has 3 heterocycles. The molecule has 98 valence electrons. The highest BCUT2D eigenvalue weighted by Crippen LogP contribution is 2.19. The van der Waals surface area contributed by atoms with E-state index in [1.54, 1.807) is 0 Å². The van der Waals surface area contributed by atoms with Crippen LogP contribution in [0.25, 0.3) is 11.6 Å². The summed E-state index contributed by atoms with van der Waals surface area (Å²) in [7, 11) is 1.33. The van der Waals surface area contributed by atoms with Crippen molar-refractivity contribution in [3.05, 3.63) is 23.3 Å². The summed E-state index contributed by atoms with van der Waals surface area (Å²) < 4.78 is 4.77. The monoisotopic (exact) mass is 260 g/mol. The first kappa shape index (κ1) is 11.7. The molecule has 2 aromatic heterocycles. The molecule has 0 saturated carbocycles. The Hall–Kier alpha value is -2.35. The number of hydrogen-bond acceptors (Lipinski definition) is 7. The fraction of sp³-hybridized carbons (Fsp3) is 0.364. The lowest BCUT2D eigenvalue weighted by Crippen LogP contribution is -2.28. The number of aromatic amines is 1. The van der Waals surface area contributed by atoms with Crippen LogP contribution in [0, 0.1) is 0 Å². The van der Waals surface area contributed by atoms with Gasteiger partial charge in [0.1, 0.15) is 6.33 Å². The van der Waals surface area contributed by atoms with Crippen molar-refractivity contribution in [1.82, 2.24) is 30.5 Å². The molecule has 1 aliphatic heterocycles. The number of rotatable bonds is 2. The summed E-state index contributed by atoms with van der Waals surface area (Å²) in [4.78, 5) is 24.5. The first-order valence-electron chi connectivity index (χ1n) is 5.84. The van der Waals surface area contributed by atoms with Crippen molar-refractivity contribution in [3.63, 3.8) is 0 Å². The van der Waals surface area contributed by atoms with E-state index in [4.69, 9.17) is 4.74 Å². The first-order valence-corrected chi connectivity index (χ1v) is 5.84. The van der Waals surface area contributed by atoms with Crippen LogP contribution in [0.1, 0.15) is 21.7 Å². The van der Waals surface area contributed by atoms with Crippen LogP contribution in [-0.2, 0) is 17.7 Å². The zero-order chi connectivity index (χ0) is 13.2. The molecule has 0 spiro atoms. The SMILES string of the molecule is COC(=O)c1nc(-c2ncn[nH]2)nc2c1CNCC2. The van der Waals surface area contributed by atoms with Crippen LogP contribution in [0.2, 0.25) is 0 Å². The zero-order valence-electron chi connectivity index (χ0n) is 10.3. The maximum absolute atomic E-state index is 11.8. The number of ether oxygens (including phenoxy) is 1. The molecular formula is C11H12N6O2. The van der Waals surface area contributed by atoms with E-state index < -0.39 is 5.97 Å². The lowest BCUT2D eigenvalue weighted by Gasteiger charge is -2.18. The van der Waals surface area contributed by atoms with Crippen LogP contribution in [-0.4, -0.2) is 44.8 Å². The van der Waals surface area contributed by atoms with Crippen LogP contribution in [0.15, 0.2) is 6.33 Å². The van der Waals surface area contributed by atoms with E-state index in [0.29, 0.717) is 18.2 Å². The molecule has 0 radical (unpaired) electrons. The van der Waals surface area contributed by atoms with E-state index in [9.17, 15) is 4.79 Å². The Morgan fingerprint density at radius 2 is 2.32 bits per heavy atom. The van der Waals surface area contributed by atoms with Crippen molar-refractivity contribution in [2.24, 2.45) is 0 Å². The van der Waals surface area contributed by atoms with Gasteiger partial charge in [-0.3, -0.25) is 5.10 Å². The molecule has 0 aromatic carbocycles. The maximum Gasteiger partial charge on any atom is 0.357 e. The van der Waals surface area contributed by atoms with Gasteiger partial charge in [0.05, 0.1) is 12.8 Å². The van der Waals surface area contributed by atoms with Crippen LogP contribution < -0.4 is 5.32 Å². The van der Waals surface area contributed by atoms with Gasteiger partial charge in [0.2, 0.25) is 0 Å². The van der Waals surface area contributed by atoms with Gasteiger partial charge in [0.25, 0.3) is 0 Å². The maximum atomic E-state index is 11.8. The molecule has 0 aliphatic carbocycles. The van der Waals surface area contributed by atoms with Crippen LogP contribution >= 0.6 is 0 Å². The number of carbonyl (C=O) groups is 1. The Morgan fingerprint density at radius 3 is 3.05 bits per heavy atom. The average Bonchev–Trinajstić information content (AvgIpc) is 2.99. The van der Waals surface area contributed by atoms with Crippen molar-refractivity contribution in [1.29, 1.82) is 0 Å². The summed E-state index contributed by atoms with van der Waals surface area (Å²) in [5.41, 5.74) is 1.92. The minimum absolute atomic E-state index is 0.283. The predicted molar refractivity (Wildman–Crippen MR) is 64.2 cm³/mol. The number of aromatic nitrogens is 5. The van der Waals surface area contributed by atoms with E-state index in [1.165, 1.54) is 13.4 Å². The second kappa shape index (κ2) is 4.73. The van der Waals surface area contributed by atoms with E-state index in [0.717, 1.165) is 24.2 Å². The van der Waals surface area contributed by atoms with Gasteiger partial charge in [-0.2, -0.15) is 5.10 Å². The molecule has 0 unspecified atom stereocenters. The molecule has 0 fully saturated rings. The lowest BCUT2D eigenvalue weighted by molar-refractivity contribution is 0.0592. The number of nitrogens with one attached hydrogen (secondary N) is 2. The predicted octanol–water partition coefficient (Wildman–Crippen LogP) is -0.306. The number of carbonyl (C=O) groups excluding carboxylic acids is 1. The lowest BCUT2D eigenvalue weighted by atomic mass is 10.1. The number of hydrogen-bond donors (Lipinski definition) is 2. The van der Waals surface area contributed by atoms with Gasteiger partial charge >= 0.3 is 5.97 Å². The Labute approximate surface area is 108 Å². The van der Waals surface area contributed by atoms with Gasteiger partial charge in [0, 0.05) is 25.1 Å². The molecule has 19 heavy (non-hydrogen) atoms. The molecule has 8 nitrogen and oxygen atoms in total. The van der Waals surface area contributed by atoms with Crippen molar-refractivity contribution in [3.8, 4) is 11.6 Å². The van der Waals surface area contributed by atoms with Gasteiger partial charge < -0.3 is 10.1 Å². The Morgan fingerprint density at radius 1 is 1.42 bits per heavy atom. The number of nitrogens with zero attached hydrogens (tertiary/aromatic N) is 4. The third kappa shape index (κ3) is 2.06. The fourth-order valence-electron chi connectivity index (χ4n) is 2.03. The average molecular weight is 260 g/mol. The van der Waals surface area contributed by atoms with Gasteiger partial charge in [-0.25, -0.2) is 19.7 Å². The summed E-state index contributed by atoms with van der Waals surface area (Å²) in [6, 6.07) is 0. The molecule has 8 heteroatoms. The number of fused-ring (bicyclic) bond motifs is 1. The highest BCUT2D eigenvalue weighted by molar-refractivity contribution is 5.89. The Kier molecular flexibility index (Phi) is 2.92. The molecule has 0 bridgehead atoms. The summed E-state index contributed by atoms with van der Waals surface area (Å²) in [6.45, 7) is 1.39. The number of H-pyrrole nitrogens is 1. The molecule has 0 saturated heterocycles. The fourth-order valence-corrected chi connectivity index (χ4v) is 2.03. The Balaban J connectivity index is 2.16. The van der Waals surface area contributed by atoms with E-state index in [-0.39, 0.29) is 5.69 Å². The molecule has 1 aliphatic rings. The standard InChI is InChI=1S/C11H12N6O2/c1-19-11(18)8-6-4-12-3-2-7(6)15-10(16-8)9-13-5-14-17-9/h5,12H,2-4H2,1H3,(H,13,14,17).